The zero-order valence-corrected chi connectivity index (χ0v) is 11.5. The molecule has 1 N–H and O–H groups in total. The van der Waals surface area contributed by atoms with Gasteiger partial charge in [0.15, 0.2) is 0 Å². The van der Waals surface area contributed by atoms with Crippen molar-refractivity contribution in [2.75, 3.05) is 13.1 Å². The molecule has 1 aliphatic carbocycles. The monoisotopic (exact) mass is 241 g/mol. The highest BCUT2D eigenvalue weighted by Crippen LogP contribution is 2.31. The number of hydrogen-bond acceptors (Lipinski definition) is 2. The molecule has 0 aromatic carbocycles. The second-order valence-electron chi connectivity index (χ2n) is 5.58. The molecule has 0 aromatic rings. The molecule has 0 aliphatic heterocycles. The molecule has 3 heteroatoms. The Morgan fingerprint density at radius 2 is 2.00 bits per heavy atom. The smallest absolute Gasteiger partial charge is 0.317 e. The van der Waals surface area contributed by atoms with Crippen molar-refractivity contribution >= 4 is 5.97 Å². The Morgan fingerprint density at radius 3 is 2.41 bits per heavy atom. The number of hydrogen-bond donors (Lipinski definition) is 1. The Kier molecular flexibility index (Phi) is 5.96. The Morgan fingerprint density at radius 1 is 1.35 bits per heavy atom. The predicted octanol–water partition coefficient (Wildman–Crippen LogP) is 3.00. The van der Waals surface area contributed by atoms with Crippen molar-refractivity contribution < 1.29 is 9.90 Å². The summed E-state index contributed by atoms with van der Waals surface area (Å²) in [6.07, 6.45) is 5.95. The third kappa shape index (κ3) is 5.53. The minimum absolute atomic E-state index is 0.214. The molecule has 1 fully saturated rings. The summed E-state index contributed by atoms with van der Waals surface area (Å²) in [4.78, 5) is 13.1. The molecular weight excluding hydrogens is 214 g/mol. The van der Waals surface area contributed by atoms with Gasteiger partial charge in [-0.15, -0.1) is 0 Å². The first-order chi connectivity index (χ1) is 8.06. The molecule has 2 atom stereocenters. The van der Waals surface area contributed by atoms with E-state index in [0.717, 1.165) is 25.3 Å². The number of rotatable bonds is 9. The van der Waals surface area contributed by atoms with E-state index in [4.69, 9.17) is 5.11 Å². The quantitative estimate of drug-likeness (QED) is 0.674. The lowest BCUT2D eigenvalue weighted by molar-refractivity contribution is -0.139. The Labute approximate surface area is 105 Å². The first kappa shape index (κ1) is 14.5. The topological polar surface area (TPSA) is 40.5 Å². The van der Waals surface area contributed by atoms with Crippen LogP contribution in [-0.4, -0.2) is 35.1 Å². The van der Waals surface area contributed by atoms with Crippen LogP contribution in [0.4, 0.5) is 0 Å². The number of nitrogens with zero attached hydrogens (tertiary/aromatic N) is 1. The normalized spacial score (nSPS) is 19.3. The van der Waals surface area contributed by atoms with E-state index in [0.29, 0.717) is 12.0 Å². The molecule has 1 aliphatic rings. The number of carboxylic acids is 1. The van der Waals surface area contributed by atoms with Crippen molar-refractivity contribution in [3.8, 4) is 0 Å². The van der Waals surface area contributed by atoms with Gasteiger partial charge in [-0.25, -0.2) is 0 Å². The fraction of sp³-hybridized carbons (Fsp3) is 0.929. The van der Waals surface area contributed by atoms with Crippen LogP contribution in [0.2, 0.25) is 0 Å². The lowest BCUT2D eigenvalue weighted by Gasteiger charge is -2.31. The van der Waals surface area contributed by atoms with E-state index in [1.54, 1.807) is 0 Å². The van der Waals surface area contributed by atoms with E-state index in [-0.39, 0.29) is 6.54 Å². The number of aliphatic carboxylic acids is 1. The van der Waals surface area contributed by atoms with Gasteiger partial charge in [-0.2, -0.15) is 0 Å². The average molecular weight is 241 g/mol. The van der Waals surface area contributed by atoms with E-state index in [9.17, 15) is 4.79 Å². The molecule has 0 saturated heterocycles. The number of carboxylic acid groups (broad SMARTS) is 1. The molecule has 3 nitrogen and oxygen atoms in total. The molecule has 0 heterocycles. The van der Waals surface area contributed by atoms with Crippen molar-refractivity contribution in [1.82, 2.24) is 4.90 Å². The van der Waals surface area contributed by atoms with Crippen LogP contribution in [0.15, 0.2) is 0 Å². The zero-order chi connectivity index (χ0) is 12.8. The summed E-state index contributed by atoms with van der Waals surface area (Å²) < 4.78 is 0. The van der Waals surface area contributed by atoms with E-state index in [1.807, 2.05) is 0 Å². The maximum absolute atomic E-state index is 10.9. The van der Waals surface area contributed by atoms with Crippen LogP contribution in [0.3, 0.4) is 0 Å². The van der Waals surface area contributed by atoms with Gasteiger partial charge in [-0.1, -0.05) is 27.2 Å². The molecule has 17 heavy (non-hydrogen) atoms. The summed E-state index contributed by atoms with van der Waals surface area (Å²) in [5.74, 6) is 0.768. The largest absolute Gasteiger partial charge is 0.480 e. The van der Waals surface area contributed by atoms with Gasteiger partial charge < -0.3 is 5.11 Å². The minimum atomic E-state index is -0.687. The summed E-state index contributed by atoms with van der Waals surface area (Å²) in [5.41, 5.74) is 0. The van der Waals surface area contributed by atoms with Gasteiger partial charge in [0.05, 0.1) is 6.54 Å². The highest BCUT2D eigenvalue weighted by Gasteiger charge is 2.29. The molecule has 0 bridgehead atoms. The minimum Gasteiger partial charge on any atom is -0.480 e. The van der Waals surface area contributed by atoms with Crippen LogP contribution in [0.1, 0.15) is 52.9 Å². The second-order valence-corrected chi connectivity index (χ2v) is 5.58. The standard InChI is InChI=1S/C14H27NO2/c1-4-11(3)8-13(5-2)15(10-14(16)17)9-12-6-7-12/h11-13H,4-10H2,1-3H3,(H,16,17). The van der Waals surface area contributed by atoms with E-state index >= 15 is 0 Å². The molecule has 1 saturated carbocycles. The lowest BCUT2D eigenvalue weighted by Crippen LogP contribution is -2.41. The maximum Gasteiger partial charge on any atom is 0.317 e. The molecule has 100 valence electrons. The molecule has 0 amide bonds. The highest BCUT2D eigenvalue weighted by atomic mass is 16.4. The van der Waals surface area contributed by atoms with Crippen LogP contribution in [0.25, 0.3) is 0 Å². The Bertz CT molecular complexity index is 238. The molecule has 2 unspecified atom stereocenters. The van der Waals surface area contributed by atoms with Crippen molar-refractivity contribution in [2.45, 2.75) is 58.9 Å². The van der Waals surface area contributed by atoms with Crippen molar-refractivity contribution in [1.29, 1.82) is 0 Å². The SMILES string of the molecule is CCC(C)CC(CC)N(CC(=O)O)CC1CC1. The van der Waals surface area contributed by atoms with E-state index in [1.165, 1.54) is 19.3 Å². The van der Waals surface area contributed by atoms with E-state index < -0.39 is 5.97 Å². The molecule has 0 spiro atoms. The molecular formula is C14H27NO2. The summed E-state index contributed by atoms with van der Waals surface area (Å²) in [6, 6.07) is 0.446. The van der Waals surface area contributed by atoms with Gasteiger partial charge in [0, 0.05) is 12.6 Å². The maximum atomic E-state index is 10.9. The van der Waals surface area contributed by atoms with Crippen molar-refractivity contribution in [3.05, 3.63) is 0 Å². The average Bonchev–Trinajstić information content (AvgIpc) is 3.07. The van der Waals surface area contributed by atoms with Crippen LogP contribution in [0.5, 0.6) is 0 Å². The summed E-state index contributed by atoms with van der Waals surface area (Å²) in [7, 11) is 0. The van der Waals surface area contributed by atoms with Crippen LogP contribution in [0, 0.1) is 11.8 Å². The Balaban J connectivity index is 2.52. The fourth-order valence-corrected chi connectivity index (χ4v) is 2.35. The highest BCUT2D eigenvalue weighted by molar-refractivity contribution is 5.69. The molecule has 0 radical (unpaired) electrons. The third-order valence-electron chi connectivity index (χ3n) is 3.89. The van der Waals surface area contributed by atoms with Gasteiger partial charge >= 0.3 is 5.97 Å². The van der Waals surface area contributed by atoms with Gasteiger partial charge in [0.25, 0.3) is 0 Å². The summed E-state index contributed by atoms with van der Waals surface area (Å²) >= 11 is 0. The predicted molar refractivity (Wildman–Crippen MR) is 70.1 cm³/mol. The number of carbonyl (C=O) groups is 1. The van der Waals surface area contributed by atoms with Gasteiger partial charge in [0.1, 0.15) is 0 Å². The van der Waals surface area contributed by atoms with Gasteiger partial charge in [-0.3, -0.25) is 9.69 Å². The van der Waals surface area contributed by atoms with Gasteiger partial charge in [0.2, 0.25) is 0 Å². The zero-order valence-electron chi connectivity index (χ0n) is 11.5. The van der Waals surface area contributed by atoms with Crippen LogP contribution >= 0.6 is 0 Å². The third-order valence-corrected chi connectivity index (χ3v) is 3.89. The lowest BCUT2D eigenvalue weighted by atomic mass is 9.96. The molecule has 0 aromatic heterocycles. The first-order valence-corrected chi connectivity index (χ1v) is 7.02. The summed E-state index contributed by atoms with van der Waals surface area (Å²) in [6.45, 7) is 7.85. The van der Waals surface area contributed by atoms with E-state index in [2.05, 4.69) is 25.7 Å². The van der Waals surface area contributed by atoms with Crippen LogP contribution in [-0.2, 0) is 4.79 Å². The van der Waals surface area contributed by atoms with Crippen LogP contribution < -0.4 is 0 Å². The Hall–Kier alpha value is -0.570. The summed E-state index contributed by atoms with van der Waals surface area (Å²) in [5, 5.41) is 9.01. The van der Waals surface area contributed by atoms with Gasteiger partial charge in [-0.05, 0) is 37.5 Å². The fourth-order valence-electron chi connectivity index (χ4n) is 2.35. The first-order valence-electron chi connectivity index (χ1n) is 7.02. The van der Waals surface area contributed by atoms with Crippen molar-refractivity contribution in [2.24, 2.45) is 11.8 Å². The van der Waals surface area contributed by atoms with Crippen molar-refractivity contribution in [3.63, 3.8) is 0 Å². The second kappa shape index (κ2) is 7.00. The molecule has 1 rings (SSSR count).